The van der Waals surface area contributed by atoms with E-state index in [1.807, 2.05) is 18.2 Å². The Kier molecular flexibility index (Phi) is 5.31. The van der Waals surface area contributed by atoms with Gasteiger partial charge >= 0.3 is 5.97 Å². The molecule has 0 saturated heterocycles. The van der Waals surface area contributed by atoms with Crippen molar-refractivity contribution >= 4 is 17.6 Å². The first kappa shape index (κ1) is 15.8. The molecule has 2 atom stereocenters. The number of hydrogen-bond acceptors (Lipinski definition) is 4. The zero-order valence-corrected chi connectivity index (χ0v) is 12.4. The number of para-hydroxylation sites is 1. The van der Waals surface area contributed by atoms with Gasteiger partial charge in [0, 0.05) is 0 Å². The van der Waals surface area contributed by atoms with Crippen LogP contribution in [-0.4, -0.2) is 18.0 Å². The van der Waals surface area contributed by atoms with Crippen LogP contribution in [0.25, 0.3) is 0 Å². The second-order valence-corrected chi connectivity index (χ2v) is 5.21. The molecule has 114 valence electrons. The quantitative estimate of drug-likeness (QED) is 0.684. The molecule has 2 rings (SSSR count). The molecule has 1 aromatic rings. The van der Waals surface area contributed by atoms with Gasteiger partial charge < -0.3 is 10.1 Å². The first-order valence-corrected chi connectivity index (χ1v) is 7.27. The van der Waals surface area contributed by atoms with E-state index in [0.29, 0.717) is 17.7 Å². The molecule has 0 radical (unpaired) electrons. The summed E-state index contributed by atoms with van der Waals surface area (Å²) in [5.41, 5.74) is 0.783. The lowest BCUT2D eigenvalue weighted by Gasteiger charge is -2.19. The molecule has 0 aliphatic heterocycles. The highest BCUT2D eigenvalue weighted by Crippen LogP contribution is 2.20. The molecule has 1 N–H and O–H groups in total. The van der Waals surface area contributed by atoms with Crippen molar-refractivity contribution in [2.75, 3.05) is 5.32 Å². The van der Waals surface area contributed by atoms with Crippen LogP contribution in [0.15, 0.2) is 36.4 Å². The predicted octanol–water partition coefficient (Wildman–Crippen LogP) is 2.78. The van der Waals surface area contributed by atoms with Crippen molar-refractivity contribution in [3.8, 4) is 6.07 Å². The molecule has 0 heterocycles. The van der Waals surface area contributed by atoms with E-state index in [9.17, 15) is 9.59 Å². The summed E-state index contributed by atoms with van der Waals surface area (Å²) in [6.45, 7) is 1.53. The normalized spacial score (nSPS) is 18.1. The number of nitriles is 1. The molecule has 1 aliphatic rings. The third-order valence-corrected chi connectivity index (χ3v) is 3.57. The Morgan fingerprint density at radius 3 is 2.82 bits per heavy atom. The molecule has 0 saturated carbocycles. The van der Waals surface area contributed by atoms with Crippen LogP contribution in [0.5, 0.6) is 0 Å². The van der Waals surface area contributed by atoms with Crippen LogP contribution in [-0.2, 0) is 14.3 Å². The Morgan fingerprint density at radius 2 is 2.14 bits per heavy atom. The summed E-state index contributed by atoms with van der Waals surface area (Å²) in [6, 6.07) is 8.69. The number of nitrogens with one attached hydrogen (secondary N) is 1. The second-order valence-electron chi connectivity index (χ2n) is 5.21. The highest BCUT2D eigenvalue weighted by molar-refractivity contribution is 5.96. The Balaban J connectivity index is 1.93. The molecular formula is C17H18N2O3. The lowest BCUT2D eigenvalue weighted by molar-refractivity contribution is -0.157. The van der Waals surface area contributed by atoms with Crippen LogP contribution in [0.3, 0.4) is 0 Å². The van der Waals surface area contributed by atoms with Crippen LogP contribution in [0.2, 0.25) is 0 Å². The number of esters is 1. The lowest BCUT2D eigenvalue weighted by atomic mass is 9.95. The number of hydrogen-bond donors (Lipinski definition) is 1. The van der Waals surface area contributed by atoms with Crippen molar-refractivity contribution < 1.29 is 14.3 Å². The van der Waals surface area contributed by atoms with E-state index in [2.05, 4.69) is 5.32 Å². The van der Waals surface area contributed by atoms with Crippen molar-refractivity contribution in [1.29, 1.82) is 5.26 Å². The third kappa shape index (κ3) is 3.95. The number of anilines is 1. The molecular weight excluding hydrogens is 280 g/mol. The third-order valence-electron chi connectivity index (χ3n) is 3.57. The molecule has 0 aromatic heterocycles. The van der Waals surface area contributed by atoms with Crippen molar-refractivity contribution in [2.45, 2.75) is 32.3 Å². The van der Waals surface area contributed by atoms with Gasteiger partial charge in [-0.2, -0.15) is 5.26 Å². The summed E-state index contributed by atoms with van der Waals surface area (Å²) in [4.78, 5) is 24.1. The van der Waals surface area contributed by atoms with Crippen molar-refractivity contribution in [3.63, 3.8) is 0 Å². The predicted molar refractivity (Wildman–Crippen MR) is 81.8 cm³/mol. The maximum absolute atomic E-state index is 12.1. The minimum absolute atomic E-state index is 0.174. The smallest absolute Gasteiger partial charge is 0.310 e. The topological polar surface area (TPSA) is 79.2 Å². The summed E-state index contributed by atoms with van der Waals surface area (Å²) >= 11 is 0. The van der Waals surface area contributed by atoms with Gasteiger partial charge in [-0.1, -0.05) is 24.3 Å². The minimum atomic E-state index is -0.898. The highest BCUT2D eigenvalue weighted by atomic mass is 16.5. The van der Waals surface area contributed by atoms with Gasteiger partial charge in [0.1, 0.15) is 6.07 Å². The number of amides is 1. The standard InChI is InChI=1S/C17H18N2O3/c1-12(22-17(21)13-7-3-2-4-8-13)16(20)19-15-10-6-5-9-14(15)11-18/h2-3,5-6,9-10,12-13H,4,7-8H2,1H3,(H,19,20)/t12-,13-/m1/s1. The summed E-state index contributed by atoms with van der Waals surface area (Å²) in [5, 5.41) is 11.6. The van der Waals surface area contributed by atoms with Gasteiger partial charge in [-0.05, 0) is 38.3 Å². The first-order chi connectivity index (χ1) is 10.6. The van der Waals surface area contributed by atoms with Crippen LogP contribution >= 0.6 is 0 Å². The van der Waals surface area contributed by atoms with Crippen LogP contribution < -0.4 is 5.32 Å². The fourth-order valence-corrected chi connectivity index (χ4v) is 2.26. The minimum Gasteiger partial charge on any atom is -0.452 e. The molecule has 0 unspecified atom stereocenters. The summed E-state index contributed by atoms with van der Waals surface area (Å²) < 4.78 is 5.23. The van der Waals surface area contributed by atoms with E-state index < -0.39 is 12.0 Å². The van der Waals surface area contributed by atoms with E-state index >= 15 is 0 Å². The first-order valence-electron chi connectivity index (χ1n) is 7.27. The van der Waals surface area contributed by atoms with Gasteiger partial charge in [0.05, 0.1) is 17.2 Å². The molecule has 1 amide bonds. The number of ether oxygens (including phenoxy) is 1. The largest absolute Gasteiger partial charge is 0.452 e. The molecule has 0 fully saturated rings. The molecule has 5 nitrogen and oxygen atoms in total. The van der Waals surface area contributed by atoms with Crippen molar-refractivity contribution in [1.82, 2.24) is 0 Å². The zero-order chi connectivity index (χ0) is 15.9. The number of rotatable bonds is 4. The summed E-state index contributed by atoms with van der Waals surface area (Å²) in [5.74, 6) is -0.963. The van der Waals surface area contributed by atoms with E-state index in [-0.39, 0.29) is 11.9 Å². The summed E-state index contributed by atoms with van der Waals surface area (Å²) in [6.07, 6.45) is 5.37. The number of benzene rings is 1. The van der Waals surface area contributed by atoms with Gasteiger partial charge in [-0.3, -0.25) is 9.59 Å². The monoisotopic (exact) mass is 298 g/mol. The average Bonchev–Trinajstić information content (AvgIpc) is 2.56. The summed E-state index contributed by atoms with van der Waals surface area (Å²) in [7, 11) is 0. The number of carbonyl (C=O) groups is 2. The fraction of sp³-hybridized carbons (Fsp3) is 0.353. The average molecular weight is 298 g/mol. The molecule has 1 aliphatic carbocycles. The lowest BCUT2D eigenvalue weighted by Crippen LogP contribution is -2.32. The maximum atomic E-state index is 12.1. The zero-order valence-electron chi connectivity index (χ0n) is 12.4. The molecule has 1 aromatic carbocycles. The molecule has 0 bridgehead atoms. The highest BCUT2D eigenvalue weighted by Gasteiger charge is 2.25. The fourth-order valence-electron chi connectivity index (χ4n) is 2.26. The number of carbonyl (C=O) groups excluding carboxylic acids is 2. The second kappa shape index (κ2) is 7.41. The van der Waals surface area contributed by atoms with Crippen molar-refractivity contribution in [2.24, 2.45) is 5.92 Å². The van der Waals surface area contributed by atoms with Gasteiger partial charge in [0.15, 0.2) is 6.10 Å². The number of nitrogens with zero attached hydrogens (tertiary/aromatic N) is 1. The van der Waals surface area contributed by atoms with E-state index in [1.54, 1.807) is 24.3 Å². The Labute approximate surface area is 129 Å². The molecule has 22 heavy (non-hydrogen) atoms. The van der Waals surface area contributed by atoms with Gasteiger partial charge in [0.2, 0.25) is 0 Å². The maximum Gasteiger partial charge on any atom is 0.310 e. The van der Waals surface area contributed by atoms with Crippen LogP contribution in [0.4, 0.5) is 5.69 Å². The van der Waals surface area contributed by atoms with Crippen molar-refractivity contribution in [3.05, 3.63) is 42.0 Å². The van der Waals surface area contributed by atoms with Crippen LogP contribution in [0, 0.1) is 17.2 Å². The molecule has 0 spiro atoms. The Morgan fingerprint density at radius 1 is 1.36 bits per heavy atom. The van der Waals surface area contributed by atoms with Gasteiger partial charge in [0.25, 0.3) is 5.91 Å². The Hall–Kier alpha value is -2.61. The van der Waals surface area contributed by atoms with Crippen LogP contribution in [0.1, 0.15) is 31.7 Å². The van der Waals surface area contributed by atoms with E-state index in [1.165, 1.54) is 6.92 Å². The van der Waals surface area contributed by atoms with E-state index in [4.69, 9.17) is 10.00 Å². The Bertz CT molecular complexity index is 631. The SMILES string of the molecule is C[C@@H](OC(=O)[C@@H]1CC=CCC1)C(=O)Nc1ccccc1C#N. The van der Waals surface area contributed by atoms with Gasteiger partial charge in [-0.15, -0.1) is 0 Å². The molecule has 5 heteroatoms. The number of allylic oxidation sites excluding steroid dienone is 2. The van der Waals surface area contributed by atoms with Gasteiger partial charge in [-0.25, -0.2) is 0 Å². The van der Waals surface area contributed by atoms with E-state index in [0.717, 1.165) is 12.8 Å².